The van der Waals surface area contributed by atoms with Crippen molar-refractivity contribution < 1.29 is 0 Å². The van der Waals surface area contributed by atoms with Crippen molar-refractivity contribution in [2.75, 3.05) is 4.90 Å². The third-order valence-electron chi connectivity index (χ3n) is 14.5. The molecule has 1 spiro atoms. The molecule has 12 rings (SSSR count). The van der Waals surface area contributed by atoms with Crippen LogP contribution in [0.15, 0.2) is 207 Å². The Hall–Kier alpha value is -7.52. The van der Waals surface area contributed by atoms with E-state index in [4.69, 9.17) is 0 Å². The van der Waals surface area contributed by atoms with E-state index in [1.807, 2.05) is 12.2 Å². The summed E-state index contributed by atoms with van der Waals surface area (Å²) in [7, 11) is 0. The first kappa shape index (κ1) is 39.1. The molecule has 310 valence electrons. The van der Waals surface area contributed by atoms with Gasteiger partial charge in [0.25, 0.3) is 0 Å². The second-order valence-electron chi connectivity index (χ2n) is 18.1. The Labute approximate surface area is 385 Å². The molecule has 3 aliphatic rings. The van der Waals surface area contributed by atoms with Gasteiger partial charge in [-0.1, -0.05) is 185 Å². The first-order valence-corrected chi connectivity index (χ1v) is 23.4. The lowest BCUT2D eigenvalue weighted by Crippen LogP contribution is -2.26. The van der Waals surface area contributed by atoms with Crippen molar-refractivity contribution in [2.24, 2.45) is 0 Å². The molecule has 0 N–H and O–H groups in total. The van der Waals surface area contributed by atoms with Gasteiger partial charge in [0.05, 0.1) is 5.41 Å². The van der Waals surface area contributed by atoms with Gasteiger partial charge in [0.1, 0.15) is 0 Å². The first-order valence-electron chi connectivity index (χ1n) is 22.5. The van der Waals surface area contributed by atoms with Crippen molar-refractivity contribution >= 4 is 67.5 Å². The van der Waals surface area contributed by atoms with E-state index in [1.165, 1.54) is 98.8 Å². The molecule has 65 heavy (non-hydrogen) atoms. The maximum absolute atomic E-state index is 4.44. The Bertz CT molecular complexity index is 3700. The van der Waals surface area contributed by atoms with Gasteiger partial charge in [-0.15, -0.1) is 11.3 Å². The Balaban J connectivity index is 1.08. The topological polar surface area (TPSA) is 3.24 Å². The van der Waals surface area contributed by atoms with Crippen molar-refractivity contribution in [2.45, 2.75) is 31.6 Å². The lowest BCUT2D eigenvalue weighted by Gasteiger charge is -2.32. The highest BCUT2D eigenvalue weighted by Crippen LogP contribution is 2.64. The maximum atomic E-state index is 4.44. The molecule has 0 fully saturated rings. The second-order valence-corrected chi connectivity index (χ2v) is 19.1. The molecule has 1 heterocycles. The fourth-order valence-electron chi connectivity index (χ4n) is 11.7. The highest BCUT2D eigenvalue weighted by Gasteiger charge is 2.52. The molecule has 1 unspecified atom stereocenters. The third kappa shape index (κ3) is 5.38. The van der Waals surface area contributed by atoms with Crippen LogP contribution in [0, 0.1) is 0 Å². The minimum absolute atomic E-state index is 0.221. The van der Waals surface area contributed by atoms with E-state index in [2.05, 4.69) is 227 Å². The van der Waals surface area contributed by atoms with E-state index in [9.17, 15) is 0 Å². The van der Waals surface area contributed by atoms with Crippen LogP contribution in [-0.2, 0) is 10.8 Å². The summed E-state index contributed by atoms with van der Waals surface area (Å²) >= 11 is 1.78. The molecule has 2 heteroatoms. The van der Waals surface area contributed by atoms with Crippen molar-refractivity contribution in [3.05, 3.63) is 250 Å². The average Bonchev–Trinajstić information content (AvgIpc) is 4.00. The fourth-order valence-corrected chi connectivity index (χ4v) is 12.9. The molecular weight excluding hydrogens is 803 g/mol. The molecule has 9 aromatic rings. The van der Waals surface area contributed by atoms with Crippen molar-refractivity contribution in [1.29, 1.82) is 0 Å². The minimum Gasteiger partial charge on any atom is -0.310 e. The van der Waals surface area contributed by atoms with E-state index in [0.717, 1.165) is 26.8 Å². The molecule has 8 aromatic carbocycles. The Morgan fingerprint density at radius 3 is 1.94 bits per heavy atom. The zero-order valence-electron chi connectivity index (χ0n) is 37.0. The third-order valence-corrected chi connectivity index (χ3v) is 15.7. The van der Waals surface area contributed by atoms with Crippen LogP contribution in [-0.4, -0.2) is 0 Å². The molecule has 1 aromatic heterocycles. The average molecular weight is 850 g/mol. The number of hydrogen-bond acceptors (Lipinski definition) is 2. The summed E-state index contributed by atoms with van der Waals surface area (Å²) in [5.74, 6) is 0. The van der Waals surface area contributed by atoms with Crippen molar-refractivity contribution in [1.82, 2.24) is 0 Å². The summed E-state index contributed by atoms with van der Waals surface area (Å²) < 4.78 is 2.39. The number of fused-ring (bicyclic) bond motifs is 14. The van der Waals surface area contributed by atoms with Crippen LogP contribution in [0.1, 0.15) is 54.2 Å². The monoisotopic (exact) mass is 849 g/mol. The molecule has 0 radical (unpaired) electrons. The van der Waals surface area contributed by atoms with Gasteiger partial charge in [-0.3, -0.25) is 0 Å². The molecule has 1 atom stereocenters. The highest BCUT2D eigenvalue weighted by molar-refractivity contribution is 7.17. The van der Waals surface area contributed by atoms with Gasteiger partial charge in [-0.05, 0) is 143 Å². The van der Waals surface area contributed by atoms with Crippen LogP contribution in [0.3, 0.4) is 0 Å². The van der Waals surface area contributed by atoms with Gasteiger partial charge in [-0.25, -0.2) is 0 Å². The molecular formula is C63H47NS. The van der Waals surface area contributed by atoms with Gasteiger partial charge in [0.2, 0.25) is 0 Å². The Morgan fingerprint density at radius 2 is 1.18 bits per heavy atom. The first-order chi connectivity index (χ1) is 31.8. The lowest BCUT2D eigenvalue weighted by molar-refractivity contribution is 0.654. The number of allylic oxidation sites excluding steroid dienone is 6. The van der Waals surface area contributed by atoms with Gasteiger partial charge >= 0.3 is 0 Å². The van der Waals surface area contributed by atoms with Crippen LogP contribution in [0.2, 0.25) is 0 Å². The smallest absolute Gasteiger partial charge is 0.0731 e. The number of hydrogen-bond donors (Lipinski definition) is 0. The van der Waals surface area contributed by atoms with Gasteiger partial charge in [0, 0.05) is 37.1 Å². The van der Waals surface area contributed by atoms with Crippen LogP contribution < -0.4 is 14.7 Å². The lowest BCUT2D eigenvalue weighted by atomic mass is 9.69. The standard InChI is InChI=1S/C63H47NS/c1-7-17-48-51-35-32-44(38-58(51)62(5,6)54(48)9-3)64(42-30-27-41(28-31-42)47-24-16-23-45-39(4)59(18-8-2)65-61(45)47)43-33-36-57-53(37-43)50-22-13-15-26-56(50)63(57)55-25-14-12-21-49(55)52-34-29-40-19-10-11-20-46(40)60(52)63/h7-38H,2-4H2,1,5-6H3/b17-7-,59-18+. The van der Waals surface area contributed by atoms with Gasteiger partial charge < -0.3 is 4.90 Å². The molecule has 0 saturated heterocycles. The zero-order valence-corrected chi connectivity index (χ0v) is 37.8. The number of anilines is 3. The summed E-state index contributed by atoms with van der Waals surface area (Å²) in [6.45, 7) is 19.4. The largest absolute Gasteiger partial charge is 0.310 e. The van der Waals surface area contributed by atoms with Crippen molar-refractivity contribution in [3.63, 3.8) is 0 Å². The minimum atomic E-state index is -0.461. The quantitative estimate of drug-likeness (QED) is 0.154. The predicted octanol–water partition coefficient (Wildman–Crippen LogP) is 15.7. The second kappa shape index (κ2) is 14.5. The van der Waals surface area contributed by atoms with Crippen LogP contribution in [0.5, 0.6) is 0 Å². The van der Waals surface area contributed by atoms with Crippen LogP contribution >= 0.6 is 11.3 Å². The molecule has 0 aliphatic heterocycles. The summed E-state index contributed by atoms with van der Waals surface area (Å²) in [5.41, 5.74) is 20.7. The van der Waals surface area contributed by atoms with E-state index >= 15 is 0 Å². The van der Waals surface area contributed by atoms with E-state index < -0.39 is 5.41 Å². The highest BCUT2D eigenvalue weighted by atomic mass is 32.1. The number of rotatable bonds is 7. The number of nitrogens with zero attached hydrogens (tertiary/aromatic N) is 1. The fraction of sp³-hybridized carbons (Fsp3) is 0.0794. The van der Waals surface area contributed by atoms with E-state index in [0.29, 0.717) is 0 Å². The molecule has 1 nitrogen and oxygen atoms in total. The number of thiophene rings is 1. The molecule has 0 saturated carbocycles. The van der Waals surface area contributed by atoms with Crippen molar-refractivity contribution in [3.8, 4) is 33.4 Å². The molecule has 0 bridgehead atoms. The predicted molar refractivity (Wildman–Crippen MR) is 280 cm³/mol. The van der Waals surface area contributed by atoms with Gasteiger partial charge in [0.15, 0.2) is 0 Å². The normalized spacial score (nSPS) is 16.6. The van der Waals surface area contributed by atoms with Gasteiger partial charge in [-0.2, -0.15) is 0 Å². The summed E-state index contributed by atoms with van der Waals surface area (Å²) in [6.07, 6.45) is 10.3. The number of benzene rings is 8. The summed E-state index contributed by atoms with van der Waals surface area (Å²) in [4.78, 5) is 2.46. The van der Waals surface area contributed by atoms with Crippen LogP contribution in [0.25, 0.3) is 72.5 Å². The molecule has 3 aliphatic carbocycles. The Morgan fingerprint density at radius 1 is 0.554 bits per heavy atom. The van der Waals surface area contributed by atoms with E-state index in [1.54, 1.807) is 11.3 Å². The zero-order chi connectivity index (χ0) is 44.2. The Kier molecular flexibility index (Phi) is 8.72. The van der Waals surface area contributed by atoms with E-state index in [-0.39, 0.29) is 5.41 Å². The molecule has 0 amide bonds. The van der Waals surface area contributed by atoms with Crippen LogP contribution in [0.4, 0.5) is 17.1 Å². The maximum Gasteiger partial charge on any atom is 0.0731 e. The SMILES string of the molecule is C=C/C=c1/sc2c(-c3ccc(N(c4ccc5c(c4)-c4ccccc4C54c5ccccc5-c5ccc6ccccc6c54)c4ccc5c(c4)C(C)(C)C(C=C)=C5/C=C\C)cc3)cccc2c1=C. The summed E-state index contributed by atoms with van der Waals surface area (Å²) in [6, 6.07) is 61.8. The summed E-state index contributed by atoms with van der Waals surface area (Å²) in [5, 5.41) is 4.81.